The third-order valence-corrected chi connectivity index (χ3v) is 11.7. The van der Waals surface area contributed by atoms with Crippen LogP contribution in [0.2, 0.25) is 5.02 Å². The fourth-order valence-corrected chi connectivity index (χ4v) is 8.76. The van der Waals surface area contributed by atoms with Gasteiger partial charge in [-0.3, -0.25) is 9.80 Å². The van der Waals surface area contributed by atoms with Gasteiger partial charge in [0.25, 0.3) is 0 Å². The molecule has 4 aliphatic rings. The summed E-state index contributed by atoms with van der Waals surface area (Å²) in [5, 5.41) is 0.784. The van der Waals surface area contributed by atoms with Crippen LogP contribution in [0.1, 0.15) is 82.6 Å². The molecule has 3 heterocycles. The molecule has 9 nitrogen and oxygen atoms in total. The molecular formula is C42H60ClN5O4. The van der Waals surface area contributed by atoms with E-state index in [2.05, 4.69) is 38.7 Å². The normalized spacial score (nSPS) is 23.2. The molecule has 0 aromatic heterocycles. The largest absolute Gasteiger partial charge is 0.462 e. The molecule has 0 radical (unpaired) electrons. The first-order chi connectivity index (χ1) is 24.9. The van der Waals surface area contributed by atoms with Crippen LogP contribution >= 0.6 is 11.6 Å². The van der Waals surface area contributed by atoms with Crippen LogP contribution in [-0.4, -0.2) is 128 Å². The summed E-state index contributed by atoms with van der Waals surface area (Å²) in [5.74, 6) is -0.264. The number of hydrogen-bond donors (Lipinski definition) is 0. The summed E-state index contributed by atoms with van der Waals surface area (Å²) in [6.45, 7) is 22.2. The topological polar surface area (TPSA) is 68.8 Å². The van der Waals surface area contributed by atoms with Crippen LogP contribution in [-0.2, 0) is 9.47 Å². The van der Waals surface area contributed by atoms with E-state index in [1.165, 1.54) is 30.4 Å². The van der Waals surface area contributed by atoms with Crippen LogP contribution in [0.25, 0.3) is 5.57 Å². The molecule has 52 heavy (non-hydrogen) atoms. The highest BCUT2D eigenvalue weighted by Gasteiger charge is 2.37. The molecule has 1 amide bonds. The fraction of sp³-hybridized carbons (Fsp3) is 0.619. The molecule has 6 rings (SSSR count). The van der Waals surface area contributed by atoms with Crippen molar-refractivity contribution in [3.05, 3.63) is 70.3 Å². The van der Waals surface area contributed by atoms with Crippen LogP contribution in [0.5, 0.6) is 0 Å². The predicted molar refractivity (Wildman–Crippen MR) is 210 cm³/mol. The molecule has 284 valence electrons. The van der Waals surface area contributed by atoms with Gasteiger partial charge in [-0.15, -0.1) is 0 Å². The van der Waals surface area contributed by atoms with E-state index in [1.807, 2.05) is 69.0 Å². The number of esters is 1. The highest BCUT2D eigenvalue weighted by atomic mass is 35.5. The lowest BCUT2D eigenvalue weighted by atomic mass is 9.71. The van der Waals surface area contributed by atoms with Gasteiger partial charge in [0.15, 0.2) is 0 Å². The summed E-state index contributed by atoms with van der Waals surface area (Å²) in [7, 11) is 0. The van der Waals surface area contributed by atoms with Crippen LogP contribution in [0.15, 0.2) is 54.1 Å². The summed E-state index contributed by atoms with van der Waals surface area (Å²) in [5.41, 5.74) is 5.95. The smallest absolute Gasteiger partial charge is 0.410 e. The number of piperazine rings is 2. The van der Waals surface area contributed by atoms with Gasteiger partial charge in [-0.25, -0.2) is 9.59 Å². The van der Waals surface area contributed by atoms with E-state index in [1.54, 1.807) is 5.57 Å². The standard InChI is InChI=1S/C42H60ClN5O4/c1-6-51-39(49)33-9-13-36(14-10-33)46-23-21-44(22-24-46)30-34-29-42(5,18-15-38(34)32-7-11-35(43)12-8-32)31-45-19-16-37(17-20-45)47-25-27-48(28-26-47)40(50)52-41(2,3)4/h7-14,37H,6,15-31H2,1-5H3/t42-/m1/s1. The lowest BCUT2D eigenvalue weighted by Gasteiger charge is -2.46. The van der Waals surface area contributed by atoms with E-state index in [0.717, 1.165) is 102 Å². The van der Waals surface area contributed by atoms with Gasteiger partial charge in [-0.05, 0) is 126 Å². The van der Waals surface area contributed by atoms with Crippen LogP contribution in [0, 0.1) is 5.41 Å². The molecule has 0 unspecified atom stereocenters. The highest BCUT2D eigenvalue weighted by molar-refractivity contribution is 6.30. The molecule has 1 atom stereocenters. The number of rotatable bonds is 9. The Morgan fingerprint density at radius 3 is 2.12 bits per heavy atom. The SMILES string of the molecule is CCOC(=O)c1ccc(N2CCN(CC3=C(c4ccc(Cl)cc4)CC[C@@](C)(CN4CCC(N5CCN(C(=O)OC(C)(C)C)CC5)CC4)C3)CC2)cc1. The Labute approximate surface area is 316 Å². The number of nitrogens with zero attached hydrogens (tertiary/aromatic N) is 5. The molecule has 3 aliphatic heterocycles. The summed E-state index contributed by atoms with van der Waals surface area (Å²) in [6.07, 6.45) is 5.60. The molecule has 0 bridgehead atoms. The minimum Gasteiger partial charge on any atom is -0.462 e. The van der Waals surface area contributed by atoms with E-state index in [4.69, 9.17) is 21.1 Å². The second kappa shape index (κ2) is 16.9. The quantitative estimate of drug-likeness (QED) is 0.249. The van der Waals surface area contributed by atoms with Gasteiger partial charge in [0, 0.05) is 82.2 Å². The third kappa shape index (κ3) is 10.1. The van der Waals surface area contributed by atoms with Crippen molar-refractivity contribution >= 4 is 34.9 Å². The Balaban J connectivity index is 1.03. The molecule has 3 saturated heterocycles. The van der Waals surface area contributed by atoms with Crippen molar-refractivity contribution in [2.24, 2.45) is 5.41 Å². The zero-order chi connectivity index (χ0) is 36.9. The maximum Gasteiger partial charge on any atom is 0.410 e. The monoisotopic (exact) mass is 733 g/mol. The minimum absolute atomic E-state index is 0.183. The number of carbonyl (C=O) groups is 2. The van der Waals surface area contributed by atoms with Gasteiger partial charge < -0.3 is 24.2 Å². The van der Waals surface area contributed by atoms with Gasteiger partial charge in [0.1, 0.15) is 5.60 Å². The Morgan fingerprint density at radius 2 is 1.50 bits per heavy atom. The van der Waals surface area contributed by atoms with E-state index in [9.17, 15) is 9.59 Å². The summed E-state index contributed by atoms with van der Waals surface area (Å²) in [6, 6.07) is 16.9. The maximum absolute atomic E-state index is 12.6. The molecule has 3 fully saturated rings. The van der Waals surface area contributed by atoms with E-state index < -0.39 is 5.60 Å². The van der Waals surface area contributed by atoms with Gasteiger partial charge in [-0.1, -0.05) is 36.2 Å². The van der Waals surface area contributed by atoms with Crippen molar-refractivity contribution in [1.29, 1.82) is 0 Å². The van der Waals surface area contributed by atoms with E-state index in [-0.39, 0.29) is 17.5 Å². The Bertz CT molecular complexity index is 1530. The van der Waals surface area contributed by atoms with Crippen molar-refractivity contribution in [3.8, 4) is 0 Å². The second-order valence-electron chi connectivity index (χ2n) is 16.6. The van der Waals surface area contributed by atoms with E-state index in [0.29, 0.717) is 18.2 Å². The first-order valence-corrected chi connectivity index (χ1v) is 19.9. The number of benzene rings is 2. The van der Waals surface area contributed by atoms with Crippen molar-refractivity contribution in [3.63, 3.8) is 0 Å². The van der Waals surface area contributed by atoms with Gasteiger partial charge in [0.05, 0.1) is 12.2 Å². The first-order valence-electron chi connectivity index (χ1n) is 19.5. The van der Waals surface area contributed by atoms with Crippen LogP contribution in [0.3, 0.4) is 0 Å². The number of halogens is 1. The predicted octanol–water partition coefficient (Wildman–Crippen LogP) is 7.30. The number of amides is 1. The molecule has 2 aromatic rings. The Kier molecular flexibility index (Phi) is 12.6. The summed E-state index contributed by atoms with van der Waals surface area (Å²) < 4.78 is 10.8. The highest BCUT2D eigenvalue weighted by Crippen LogP contribution is 2.44. The van der Waals surface area contributed by atoms with Gasteiger partial charge >= 0.3 is 12.1 Å². The fourth-order valence-electron chi connectivity index (χ4n) is 8.64. The number of anilines is 1. The third-order valence-electron chi connectivity index (χ3n) is 11.4. The summed E-state index contributed by atoms with van der Waals surface area (Å²) in [4.78, 5) is 37.0. The lowest BCUT2D eigenvalue weighted by Crippen LogP contribution is -2.55. The van der Waals surface area contributed by atoms with Gasteiger partial charge in [0.2, 0.25) is 0 Å². The minimum atomic E-state index is -0.456. The first kappa shape index (κ1) is 38.6. The Hall–Kier alpha value is -3.11. The average Bonchev–Trinajstić information content (AvgIpc) is 3.12. The molecule has 10 heteroatoms. The van der Waals surface area contributed by atoms with E-state index >= 15 is 0 Å². The van der Waals surface area contributed by atoms with Crippen LogP contribution in [0.4, 0.5) is 10.5 Å². The summed E-state index contributed by atoms with van der Waals surface area (Å²) >= 11 is 6.32. The van der Waals surface area contributed by atoms with Crippen LogP contribution < -0.4 is 4.90 Å². The number of ether oxygens (including phenoxy) is 2. The van der Waals surface area contributed by atoms with Crippen molar-refractivity contribution in [2.45, 2.75) is 78.4 Å². The molecule has 0 spiro atoms. The van der Waals surface area contributed by atoms with Gasteiger partial charge in [-0.2, -0.15) is 0 Å². The zero-order valence-corrected chi connectivity index (χ0v) is 32.9. The Morgan fingerprint density at radius 1 is 0.846 bits per heavy atom. The molecule has 0 N–H and O–H groups in total. The van der Waals surface area contributed by atoms with Crippen molar-refractivity contribution in [2.75, 3.05) is 90.0 Å². The molecule has 1 aliphatic carbocycles. The number of hydrogen-bond acceptors (Lipinski definition) is 8. The number of allylic oxidation sites excluding steroid dienone is 1. The zero-order valence-electron chi connectivity index (χ0n) is 32.2. The molecular weight excluding hydrogens is 674 g/mol. The number of piperidine rings is 1. The molecule has 2 aromatic carbocycles. The van der Waals surface area contributed by atoms with Crippen molar-refractivity contribution < 1.29 is 19.1 Å². The average molecular weight is 734 g/mol. The van der Waals surface area contributed by atoms with Crippen molar-refractivity contribution in [1.82, 2.24) is 19.6 Å². The molecule has 0 saturated carbocycles. The second-order valence-corrected chi connectivity index (χ2v) is 17.1. The lowest BCUT2D eigenvalue weighted by molar-refractivity contribution is 0.00426. The number of carbonyl (C=O) groups excluding carboxylic acids is 2. The number of likely N-dealkylation sites (tertiary alicyclic amines) is 1. The maximum atomic E-state index is 12.6.